The van der Waals surface area contributed by atoms with Crippen molar-refractivity contribution in [3.8, 4) is 0 Å². The van der Waals surface area contributed by atoms with Gasteiger partial charge in [0.15, 0.2) is 11.5 Å². The molecule has 2 heterocycles. The van der Waals surface area contributed by atoms with Gasteiger partial charge in [-0.05, 0) is 18.1 Å². The number of hydrogen-bond acceptors (Lipinski definition) is 3. The number of methoxy groups -OCH3 is 1. The number of fused-ring (bicyclic) bond motifs is 1. The molecule has 0 aliphatic rings. The van der Waals surface area contributed by atoms with E-state index < -0.39 is 11.8 Å². The largest absolute Gasteiger partial charge is 0.464 e. The molecule has 0 fully saturated rings. The molecule has 0 aromatic carbocycles. The van der Waals surface area contributed by atoms with E-state index in [1.165, 1.54) is 13.2 Å². The molecule has 0 N–H and O–H groups in total. The van der Waals surface area contributed by atoms with Gasteiger partial charge in [-0.25, -0.2) is 14.2 Å². The van der Waals surface area contributed by atoms with Crippen LogP contribution in [-0.4, -0.2) is 22.6 Å². The number of pyridine rings is 1. The van der Waals surface area contributed by atoms with E-state index in [0.717, 1.165) is 5.69 Å². The van der Waals surface area contributed by atoms with Gasteiger partial charge in [-0.2, -0.15) is 0 Å². The first-order valence-electron chi connectivity index (χ1n) is 5.70. The molecular formula is C13H15FN2O2. The van der Waals surface area contributed by atoms with E-state index in [1.54, 1.807) is 0 Å². The fourth-order valence-corrected chi connectivity index (χ4v) is 2.04. The number of hydrogen-bond donors (Lipinski definition) is 0. The third kappa shape index (κ3) is 1.85. The minimum absolute atomic E-state index is 0.276. The van der Waals surface area contributed by atoms with Crippen molar-refractivity contribution in [1.82, 2.24) is 9.55 Å². The van der Waals surface area contributed by atoms with Gasteiger partial charge in [0.1, 0.15) is 5.65 Å². The van der Waals surface area contributed by atoms with Gasteiger partial charge in [0.05, 0.1) is 7.11 Å². The van der Waals surface area contributed by atoms with Crippen molar-refractivity contribution >= 4 is 17.0 Å². The van der Waals surface area contributed by atoms with Gasteiger partial charge in [0.25, 0.3) is 0 Å². The molecule has 0 spiro atoms. The van der Waals surface area contributed by atoms with Gasteiger partial charge >= 0.3 is 5.97 Å². The minimum Gasteiger partial charge on any atom is -0.464 e. The summed E-state index contributed by atoms with van der Waals surface area (Å²) in [6, 6.07) is 3.21. The standard InChI is InChI=1S/C13H15FN2O2/c1-7(2)10-6-8-5-9(14)11(13(17)18-4)15-12(8)16(10)3/h5-7H,1-4H3. The van der Waals surface area contributed by atoms with Crippen LogP contribution in [0, 0.1) is 5.82 Å². The first kappa shape index (κ1) is 12.5. The summed E-state index contributed by atoms with van der Waals surface area (Å²) in [7, 11) is 3.06. The monoisotopic (exact) mass is 250 g/mol. The Morgan fingerprint density at radius 2 is 2.11 bits per heavy atom. The molecule has 0 amide bonds. The Hall–Kier alpha value is -1.91. The molecule has 2 aromatic heterocycles. The molecule has 0 saturated heterocycles. The highest BCUT2D eigenvalue weighted by atomic mass is 19.1. The highest BCUT2D eigenvalue weighted by Crippen LogP contribution is 2.24. The van der Waals surface area contributed by atoms with Gasteiger partial charge in [0.2, 0.25) is 0 Å². The lowest BCUT2D eigenvalue weighted by Crippen LogP contribution is -2.08. The van der Waals surface area contributed by atoms with Crippen molar-refractivity contribution in [2.75, 3.05) is 7.11 Å². The number of ether oxygens (including phenoxy) is 1. The first-order valence-corrected chi connectivity index (χ1v) is 5.70. The molecule has 0 radical (unpaired) electrons. The Balaban J connectivity index is 2.70. The third-order valence-electron chi connectivity index (χ3n) is 2.96. The van der Waals surface area contributed by atoms with E-state index in [1.807, 2.05) is 31.5 Å². The SMILES string of the molecule is COC(=O)c1nc2c(cc1F)cc(C(C)C)n2C. The molecule has 18 heavy (non-hydrogen) atoms. The fraction of sp³-hybridized carbons (Fsp3) is 0.385. The summed E-state index contributed by atoms with van der Waals surface area (Å²) < 4.78 is 20.1. The summed E-state index contributed by atoms with van der Waals surface area (Å²) in [5.41, 5.74) is 1.35. The Labute approximate surface area is 104 Å². The topological polar surface area (TPSA) is 44.1 Å². The second-order valence-electron chi connectivity index (χ2n) is 4.51. The lowest BCUT2D eigenvalue weighted by molar-refractivity contribution is 0.0588. The molecule has 0 saturated carbocycles. The number of halogens is 1. The average Bonchev–Trinajstić information content (AvgIpc) is 2.64. The molecule has 0 unspecified atom stereocenters. The number of aryl methyl sites for hydroxylation is 1. The highest BCUT2D eigenvalue weighted by molar-refractivity contribution is 5.91. The van der Waals surface area contributed by atoms with Crippen molar-refractivity contribution < 1.29 is 13.9 Å². The lowest BCUT2D eigenvalue weighted by atomic mass is 10.1. The number of rotatable bonds is 2. The second kappa shape index (κ2) is 4.40. The van der Waals surface area contributed by atoms with Gasteiger partial charge in [-0.3, -0.25) is 0 Å². The summed E-state index contributed by atoms with van der Waals surface area (Å²) in [5.74, 6) is -1.12. The Kier molecular flexibility index (Phi) is 3.07. The molecule has 0 atom stereocenters. The maximum Gasteiger partial charge on any atom is 0.359 e. The van der Waals surface area contributed by atoms with E-state index in [2.05, 4.69) is 9.72 Å². The molecule has 2 aromatic rings. The molecule has 0 bridgehead atoms. The Morgan fingerprint density at radius 1 is 1.44 bits per heavy atom. The predicted molar refractivity (Wildman–Crippen MR) is 66.1 cm³/mol. The van der Waals surface area contributed by atoms with Crippen molar-refractivity contribution in [2.24, 2.45) is 7.05 Å². The number of carbonyl (C=O) groups is 1. The number of carbonyl (C=O) groups excluding carboxylic acids is 1. The van der Waals surface area contributed by atoms with Crippen LogP contribution in [-0.2, 0) is 11.8 Å². The Morgan fingerprint density at radius 3 is 2.67 bits per heavy atom. The summed E-state index contributed by atoms with van der Waals surface area (Å²) in [6.45, 7) is 4.09. The van der Waals surface area contributed by atoms with Crippen LogP contribution < -0.4 is 0 Å². The molecule has 96 valence electrons. The summed E-state index contributed by atoms with van der Waals surface area (Å²) >= 11 is 0. The number of nitrogens with zero attached hydrogens (tertiary/aromatic N) is 2. The second-order valence-corrected chi connectivity index (χ2v) is 4.51. The fourth-order valence-electron chi connectivity index (χ4n) is 2.04. The van der Waals surface area contributed by atoms with Crippen LogP contribution >= 0.6 is 0 Å². The zero-order valence-electron chi connectivity index (χ0n) is 10.8. The minimum atomic E-state index is -0.762. The van der Waals surface area contributed by atoms with Crippen molar-refractivity contribution in [1.29, 1.82) is 0 Å². The molecule has 0 aliphatic heterocycles. The van der Waals surface area contributed by atoms with E-state index in [-0.39, 0.29) is 5.69 Å². The number of esters is 1. The lowest BCUT2D eigenvalue weighted by Gasteiger charge is -2.06. The third-order valence-corrected chi connectivity index (χ3v) is 2.96. The summed E-state index contributed by atoms with van der Waals surface area (Å²) in [5, 5.41) is 0.686. The molecule has 4 nitrogen and oxygen atoms in total. The quantitative estimate of drug-likeness (QED) is 0.769. The zero-order valence-corrected chi connectivity index (χ0v) is 10.8. The molecule has 5 heteroatoms. The van der Waals surface area contributed by atoms with Crippen LogP contribution in [0.2, 0.25) is 0 Å². The van der Waals surface area contributed by atoms with Gasteiger partial charge in [-0.1, -0.05) is 13.8 Å². The van der Waals surface area contributed by atoms with Crippen LogP contribution in [0.15, 0.2) is 12.1 Å². The summed E-state index contributed by atoms with van der Waals surface area (Å²) in [4.78, 5) is 15.5. The predicted octanol–water partition coefficient (Wildman–Crippen LogP) is 2.62. The first-order chi connectivity index (χ1) is 8.45. The van der Waals surface area contributed by atoms with E-state index in [4.69, 9.17) is 0 Å². The van der Waals surface area contributed by atoms with Gasteiger partial charge in [0, 0.05) is 18.1 Å². The van der Waals surface area contributed by atoms with Gasteiger partial charge in [-0.15, -0.1) is 0 Å². The van der Waals surface area contributed by atoms with E-state index >= 15 is 0 Å². The maximum absolute atomic E-state index is 13.7. The van der Waals surface area contributed by atoms with Crippen LogP contribution in [0.25, 0.3) is 11.0 Å². The van der Waals surface area contributed by atoms with Crippen molar-refractivity contribution in [3.05, 3.63) is 29.3 Å². The van der Waals surface area contributed by atoms with Crippen LogP contribution in [0.3, 0.4) is 0 Å². The molecular weight excluding hydrogens is 235 g/mol. The van der Waals surface area contributed by atoms with Crippen LogP contribution in [0.4, 0.5) is 4.39 Å². The molecule has 0 aliphatic carbocycles. The van der Waals surface area contributed by atoms with Crippen LogP contribution in [0.1, 0.15) is 35.9 Å². The van der Waals surface area contributed by atoms with E-state index in [0.29, 0.717) is 17.0 Å². The normalized spacial score (nSPS) is 11.2. The van der Waals surface area contributed by atoms with E-state index in [9.17, 15) is 9.18 Å². The molecule has 2 rings (SSSR count). The highest BCUT2D eigenvalue weighted by Gasteiger charge is 2.18. The van der Waals surface area contributed by atoms with Gasteiger partial charge < -0.3 is 9.30 Å². The zero-order chi connectivity index (χ0) is 13.4. The smallest absolute Gasteiger partial charge is 0.359 e. The summed E-state index contributed by atoms with van der Waals surface area (Å²) in [6.07, 6.45) is 0. The Bertz CT molecular complexity index is 617. The maximum atomic E-state index is 13.7. The number of aromatic nitrogens is 2. The van der Waals surface area contributed by atoms with Crippen molar-refractivity contribution in [2.45, 2.75) is 19.8 Å². The van der Waals surface area contributed by atoms with Crippen LogP contribution in [0.5, 0.6) is 0 Å². The average molecular weight is 250 g/mol. The van der Waals surface area contributed by atoms with Crippen molar-refractivity contribution in [3.63, 3.8) is 0 Å².